The second-order valence-electron chi connectivity index (χ2n) is 8.04. The number of methoxy groups -OCH3 is 1. The summed E-state index contributed by atoms with van der Waals surface area (Å²) in [6.07, 6.45) is -0.757. The molecule has 35 heavy (non-hydrogen) atoms. The molecule has 0 bridgehead atoms. The molecular weight excluding hydrogens is 454 g/mol. The normalized spacial score (nSPS) is 10.9. The lowest BCUT2D eigenvalue weighted by Gasteiger charge is -2.27. The Morgan fingerprint density at radius 2 is 1.57 bits per heavy atom. The molecule has 2 aromatic carbocycles. The quantitative estimate of drug-likeness (QED) is 0.513. The van der Waals surface area contributed by atoms with Gasteiger partial charge in [0.2, 0.25) is 5.75 Å². The minimum absolute atomic E-state index is 0.0130. The van der Waals surface area contributed by atoms with Gasteiger partial charge in [-0.1, -0.05) is 48.5 Å². The molecule has 0 saturated heterocycles. The zero-order chi connectivity index (χ0) is 25.6. The van der Waals surface area contributed by atoms with Crippen molar-refractivity contribution in [1.82, 2.24) is 14.9 Å². The monoisotopic (exact) mass is 479 g/mol. The average molecular weight is 479 g/mol. The Morgan fingerprint density at radius 1 is 0.971 bits per heavy atom. The zero-order valence-corrected chi connectivity index (χ0v) is 19.7. The molecule has 1 amide bonds. The van der Waals surface area contributed by atoms with E-state index >= 15 is 0 Å². The number of hydrogen-bond donors (Lipinski definition) is 1. The fraction of sp³-hybridized carbons (Fsp3) is 0.240. The standard InChI is InChI=1S/C25H25N3O7/c1-25(2,27-24(32)34-15-16-11-7-5-8-12-16)23-26-18(22(31)33-4)19(20(29)28(23)3)35-21(30)17-13-9-6-10-14-17/h5-14H,15H2,1-4H3,(H,27,32). The van der Waals surface area contributed by atoms with Gasteiger partial charge in [-0.15, -0.1) is 0 Å². The van der Waals surface area contributed by atoms with E-state index in [1.165, 1.54) is 19.2 Å². The molecule has 0 saturated carbocycles. The van der Waals surface area contributed by atoms with E-state index in [4.69, 9.17) is 14.2 Å². The molecule has 1 aromatic heterocycles. The maximum atomic E-state index is 13.1. The van der Waals surface area contributed by atoms with Gasteiger partial charge in [-0.05, 0) is 31.5 Å². The highest BCUT2D eigenvalue weighted by Gasteiger charge is 2.33. The zero-order valence-electron chi connectivity index (χ0n) is 19.7. The molecule has 1 N–H and O–H groups in total. The van der Waals surface area contributed by atoms with Crippen LogP contribution in [-0.2, 0) is 28.7 Å². The van der Waals surface area contributed by atoms with Crippen LogP contribution < -0.4 is 15.6 Å². The predicted octanol–water partition coefficient (Wildman–Crippen LogP) is 2.95. The predicted molar refractivity (Wildman–Crippen MR) is 125 cm³/mol. The summed E-state index contributed by atoms with van der Waals surface area (Å²) in [6.45, 7) is 3.20. The van der Waals surface area contributed by atoms with Crippen molar-refractivity contribution in [2.24, 2.45) is 7.05 Å². The van der Waals surface area contributed by atoms with Gasteiger partial charge in [-0.3, -0.25) is 9.36 Å². The number of amides is 1. The van der Waals surface area contributed by atoms with Crippen LogP contribution in [0.4, 0.5) is 4.79 Å². The Morgan fingerprint density at radius 3 is 2.17 bits per heavy atom. The SMILES string of the molecule is COC(=O)c1nc(C(C)(C)NC(=O)OCc2ccccc2)n(C)c(=O)c1OC(=O)c1ccccc1. The molecule has 0 fully saturated rings. The largest absolute Gasteiger partial charge is 0.464 e. The number of benzene rings is 2. The molecular formula is C25H25N3O7. The van der Waals surface area contributed by atoms with Crippen LogP contribution in [0.1, 0.15) is 46.1 Å². The molecule has 0 unspecified atom stereocenters. The molecule has 0 atom stereocenters. The van der Waals surface area contributed by atoms with Crippen molar-refractivity contribution in [3.63, 3.8) is 0 Å². The molecule has 0 radical (unpaired) electrons. The van der Waals surface area contributed by atoms with Crippen LogP contribution in [-0.4, -0.2) is 34.7 Å². The maximum absolute atomic E-state index is 13.1. The number of ether oxygens (including phenoxy) is 3. The Labute approximate surface area is 201 Å². The summed E-state index contributed by atoms with van der Waals surface area (Å²) in [4.78, 5) is 54.8. The van der Waals surface area contributed by atoms with Crippen molar-refractivity contribution in [2.75, 3.05) is 7.11 Å². The van der Waals surface area contributed by atoms with Crippen molar-refractivity contribution in [3.8, 4) is 5.75 Å². The van der Waals surface area contributed by atoms with E-state index in [1.807, 2.05) is 30.3 Å². The third kappa shape index (κ3) is 5.91. The van der Waals surface area contributed by atoms with Crippen LogP contribution in [0.3, 0.4) is 0 Å². The Hall–Kier alpha value is -4.47. The van der Waals surface area contributed by atoms with Crippen LogP contribution in [0.25, 0.3) is 0 Å². The topological polar surface area (TPSA) is 126 Å². The van der Waals surface area contributed by atoms with Gasteiger partial charge in [-0.2, -0.15) is 0 Å². The van der Waals surface area contributed by atoms with Crippen molar-refractivity contribution in [1.29, 1.82) is 0 Å². The summed E-state index contributed by atoms with van der Waals surface area (Å²) in [5.41, 5.74) is -1.59. The lowest BCUT2D eigenvalue weighted by atomic mass is 10.0. The summed E-state index contributed by atoms with van der Waals surface area (Å²) >= 11 is 0. The summed E-state index contributed by atoms with van der Waals surface area (Å²) in [5, 5.41) is 2.64. The number of carbonyl (C=O) groups is 3. The minimum Gasteiger partial charge on any atom is -0.464 e. The van der Waals surface area contributed by atoms with E-state index in [0.29, 0.717) is 0 Å². The smallest absolute Gasteiger partial charge is 0.408 e. The fourth-order valence-corrected chi connectivity index (χ4v) is 3.26. The second-order valence-corrected chi connectivity index (χ2v) is 8.04. The van der Waals surface area contributed by atoms with E-state index in [0.717, 1.165) is 17.2 Å². The highest BCUT2D eigenvalue weighted by atomic mass is 16.6. The summed E-state index contributed by atoms with van der Waals surface area (Å²) < 4.78 is 16.3. The summed E-state index contributed by atoms with van der Waals surface area (Å²) in [6, 6.07) is 17.1. The lowest BCUT2D eigenvalue weighted by Crippen LogP contribution is -2.46. The number of aromatic nitrogens is 2. The van der Waals surface area contributed by atoms with E-state index < -0.39 is 40.6 Å². The van der Waals surface area contributed by atoms with E-state index in [9.17, 15) is 19.2 Å². The molecule has 3 aromatic rings. The molecule has 0 aliphatic heterocycles. The third-order valence-electron chi connectivity index (χ3n) is 5.02. The Bertz CT molecular complexity index is 1290. The average Bonchev–Trinajstić information content (AvgIpc) is 2.86. The van der Waals surface area contributed by atoms with Gasteiger partial charge >= 0.3 is 18.0 Å². The first-order valence-electron chi connectivity index (χ1n) is 10.6. The summed E-state index contributed by atoms with van der Waals surface area (Å²) in [7, 11) is 2.48. The highest BCUT2D eigenvalue weighted by molar-refractivity contribution is 5.94. The first-order valence-corrected chi connectivity index (χ1v) is 10.6. The minimum atomic E-state index is -1.26. The molecule has 1 heterocycles. The highest BCUT2D eigenvalue weighted by Crippen LogP contribution is 2.22. The number of alkyl carbamates (subject to hydrolysis) is 1. The van der Waals surface area contributed by atoms with Gasteiger partial charge in [0.25, 0.3) is 5.56 Å². The number of nitrogens with one attached hydrogen (secondary N) is 1. The molecule has 10 heteroatoms. The van der Waals surface area contributed by atoms with Crippen molar-refractivity contribution < 1.29 is 28.6 Å². The fourth-order valence-electron chi connectivity index (χ4n) is 3.26. The number of nitrogens with zero attached hydrogens (tertiary/aromatic N) is 2. The van der Waals surface area contributed by atoms with Gasteiger partial charge in [0, 0.05) is 7.05 Å². The first kappa shape index (κ1) is 25.2. The number of esters is 2. The van der Waals surface area contributed by atoms with Crippen LogP contribution in [0.15, 0.2) is 65.5 Å². The van der Waals surface area contributed by atoms with E-state index in [-0.39, 0.29) is 18.0 Å². The summed E-state index contributed by atoms with van der Waals surface area (Å²) in [5.74, 6) is -2.40. The van der Waals surface area contributed by atoms with Crippen LogP contribution in [0.2, 0.25) is 0 Å². The maximum Gasteiger partial charge on any atom is 0.408 e. The van der Waals surface area contributed by atoms with Crippen LogP contribution in [0, 0.1) is 0 Å². The van der Waals surface area contributed by atoms with Crippen molar-refractivity contribution >= 4 is 18.0 Å². The third-order valence-corrected chi connectivity index (χ3v) is 5.02. The van der Waals surface area contributed by atoms with Crippen LogP contribution >= 0.6 is 0 Å². The molecule has 10 nitrogen and oxygen atoms in total. The molecule has 3 rings (SSSR count). The lowest BCUT2D eigenvalue weighted by molar-refractivity contribution is 0.0583. The second kappa shape index (κ2) is 10.6. The van der Waals surface area contributed by atoms with Crippen molar-refractivity contribution in [3.05, 3.63) is 93.7 Å². The van der Waals surface area contributed by atoms with E-state index in [2.05, 4.69) is 10.3 Å². The molecule has 0 aliphatic carbocycles. The number of rotatable bonds is 7. The van der Waals surface area contributed by atoms with Crippen molar-refractivity contribution in [2.45, 2.75) is 26.0 Å². The molecule has 0 spiro atoms. The molecule has 182 valence electrons. The first-order chi connectivity index (χ1) is 16.6. The Kier molecular flexibility index (Phi) is 7.65. The number of hydrogen-bond acceptors (Lipinski definition) is 8. The van der Waals surface area contributed by atoms with Gasteiger partial charge < -0.3 is 19.5 Å². The van der Waals surface area contributed by atoms with Gasteiger partial charge in [0.1, 0.15) is 12.4 Å². The van der Waals surface area contributed by atoms with Crippen LogP contribution in [0.5, 0.6) is 5.75 Å². The van der Waals surface area contributed by atoms with Gasteiger partial charge in [0.05, 0.1) is 18.2 Å². The van der Waals surface area contributed by atoms with Gasteiger partial charge in [-0.25, -0.2) is 19.4 Å². The number of carbonyl (C=O) groups excluding carboxylic acids is 3. The van der Waals surface area contributed by atoms with E-state index in [1.54, 1.807) is 32.0 Å². The molecule has 0 aliphatic rings. The Balaban J connectivity index is 1.91. The van der Waals surface area contributed by atoms with Gasteiger partial charge in [0.15, 0.2) is 5.69 Å².